The molecule has 1 aromatic heterocycles. The number of rotatable bonds is 1. The summed E-state index contributed by atoms with van der Waals surface area (Å²) < 4.78 is 0. The van der Waals surface area contributed by atoms with Crippen LogP contribution in [-0.2, 0) is 0 Å². The molecule has 2 fully saturated rings. The Hall–Kier alpha value is -1.58. The van der Waals surface area contributed by atoms with Gasteiger partial charge in [0.05, 0.1) is 0 Å². The van der Waals surface area contributed by atoms with E-state index < -0.39 is 0 Å². The molecule has 1 saturated heterocycles. The summed E-state index contributed by atoms with van der Waals surface area (Å²) in [7, 11) is 0. The van der Waals surface area contributed by atoms with E-state index in [1.54, 1.807) is 12.4 Å². The second-order valence-electron chi connectivity index (χ2n) is 7.51. The number of likely N-dealkylation sites (tertiary alicyclic amines) is 1. The molecule has 1 aromatic rings. The summed E-state index contributed by atoms with van der Waals surface area (Å²) >= 11 is 0. The third-order valence-corrected chi connectivity index (χ3v) is 4.61. The number of hydrogen-bond acceptors (Lipinski definition) is 2. The topological polar surface area (TPSA) is 45.2 Å². The molecule has 2 unspecified atom stereocenters. The molecule has 0 spiro atoms. The molecule has 1 aliphatic carbocycles. The van der Waals surface area contributed by atoms with Gasteiger partial charge in [-0.15, -0.1) is 0 Å². The van der Waals surface area contributed by atoms with Gasteiger partial charge in [-0.05, 0) is 42.2 Å². The first-order valence-corrected chi connectivity index (χ1v) is 7.35. The summed E-state index contributed by atoms with van der Waals surface area (Å²) in [6, 6.07) is 4.06. The summed E-state index contributed by atoms with van der Waals surface area (Å²) in [5.74, 6) is 0. The molecule has 1 aliphatic heterocycles. The minimum atomic E-state index is 0.0302. The third-order valence-electron chi connectivity index (χ3n) is 4.61. The van der Waals surface area contributed by atoms with Crippen LogP contribution in [0.15, 0.2) is 24.5 Å². The van der Waals surface area contributed by atoms with Crippen LogP contribution in [0.4, 0.5) is 10.5 Å². The Bertz CT molecular complexity index is 514. The summed E-state index contributed by atoms with van der Waals surface area (Å²) in [5.41, 5.74) is 1.43. The molecule has 1 N–H and O–H groups in total. The lowest BCUT2D eigenvalue weighted by atomic mass is 9.65. The van der Waals surface area contributed by atoms with Gasteiger partial charge in [-0.3, -0.25) is 4.98 Å². The van der Waals surface area contributed by atoms with E-state index in [9.17, 15) is 4.79 Å². The smallest absolute Gasteiger partial charge is 0.321 e. The Morgan fingerprint density at radius 2 is 2.00 bits per heavy atom. The predicted molar refractivity (Wildman–Crippen MR) is 79.5 cm³/mol. The number of nitrogens with one attached hydrogen (secondary N) is 1. The molecule has 4 heteroatoms. The van der Waals surface area contributed by atoms with Crippen molar-refractivity contribution >= 4 is 11.7 Å². The Morgan fingerprint density at radius 3 is 2.70 bits per heavy atom. The molecule has 2 atom stereocenters. The van der Waals surface area contributed by atoms with Gasteiger partial charge in [-0.25, -0.2) is 4.79 Å². The predicted octanol–water partition coefficient (Wildman–Crippen LogP) is 3.51. The number of fused-ring (bicyclic) bond motifs is 2. The molecule has 2 heterocycles. The van der Waals surface area contributed by atoms with Crippen LogP contribution in [0, 0.1) is 10.8 Å². The Labute approximate surface area is 120 Å². The van der Waals surface area contributed by atoms with E-state index in [0.717, 1.165) is 25.1 Å². The summed E-state index contributed by atoms with van der Waals surface area (Å²) in [4.78, 5) is 18.5. The SMILES string of the molecule is CC1(C)CC2CC(C)(CN2C(=O)Nc2ccncc2)C1. The Balaban J connectivity index is 1.74. The number of nitrogens with zero attached hydrogens (tertiary/aromatic N) is 2. The molecule has 2 aliphatic rings. The van der Waals surface area contributed by atoms with Crippen molar-refractivity contribution in [2.24, 2.45) is 10.8 Å². The highest BCUT2D eigenvalue weighted by molar-refractivity contribution is 5.89. The normalized spacial score (nSPS) is 31.1. The van der Waals surface area contributed by atoms with Crippen molar-refractivity contribution in [2.45, 2.75) is 46.1 Å². The highest BCUT2D eigenvalue weighted by Gasteiger charge is 2.50. The number of pyridine rings is 1. The lowest BCUT2D eigenvalue weighted by Crippen LogP contribution is -2.40. The number of urea groups is 1. The molecule has 4 nitrogen and oxygen atoms in total. The largest absolute Gasteiger partial charge is 0.322 e. The summed E-state index contributed by atoms with van der Waals surface area (Å²) in [6.45, 7) is 7.84. The zero-order chi connectivity index (χ0) is 14.4. The number of hydrogen-bond donors (Lipinski definition) is 1. The van der Waals surface area contributed by atoms with E-state index in [2.05, 4.69) is 31.1 Å². The average Bonchev–Trinajstić information content (AvgIpc) is 2.60. The number of aromatic nitrogens is 1. The lowest BCUT2D eigenvalue weighted by Gasteiger charge is -2.39. The van der Waals surface area contributed by atoms with Gasteiger partial charge < -0.3 is 10.2 Å². The van der Waals surface area contributed by atoms with Gasteiger partial charge in [-0.2, -0.15) is 0 Å². The molecule has 0 radical (unpaired) electrons. The van der Waals surface area contributed by atoms with Gasteiger partial charge in [0.1, 0.15) is 0 Å². The Morgan fingerprint density at radius 1 is 1.30 bits per heavy atom. The number of anilines is 1. The minimum Gasteiger partial charge on any atom is -0.321 e. The van der Waals surface area contributed by atoms with Crippen molar-refractivity contribution in [3.63, 3.8) is 0 Å². The first-order chi connectivity index (χ1) is 9.37. The van der Waals surface area contributed by atoms with Gasteiger partial charge in [0.2, 0.25) is 0 Å². The van der Waals surface area contributed by atoms with Crippen LogP contribution in [0.1, 0.15) is 40.0 Å². The van der Waals surface area contributed by atoms with Crippen LogP contribution in [-0.4, -0.2) is 28.5 Å². The van der Waals surface area contributed by atoms with Crippen LogP contribution in [0.25, 0.3) is 0 Å². The molecule has 0 aromatic carbocycles. The maximum Gasteiger partial charge on any atom is 0.322 e. The van der Waals surface area contributed by atoms with E-state index in [4.69, 9.17) is 0 Å². The van der Waals surface area contributed by atoms with Gasteiger partial charge >= 0.3 is 6.03 Å². The minimum absolute atomic E-state index is 0.0302. The fourth-order valence-corrected chi connectivity index (χ4v) is 4.33. The molecule has 2 bridgehead atoms. The zero-order valence-electron chi connectivity index (χ0n) is 12.5. The fraction of sp³-hybridized carbons (Fsp3) is 0.625. The summed E-state index contributed by atoms with van der Waals surface area (Å²) in [6.07, 6.45) is 6.84. The van der Waals surface area contributed by atoms with Crippen molar-refractivity contribution < 1.29 is 4.79 Å². The molecular formula is C16H23N3O. The second-order valence-corrected chi connectivity index (χ2v) is 7.51. The fourth-order valence-electron chi connectivity index (χ4n) is 4.33. The van der Waals surface area contributed by atoms with Crippen LogP contribution in [0.5, 0.6) is 0 Å². The first-order valence-electron chi connectivity index (χ1n) is 7.35. The first kappa shape index (κ1) is 13.4. The van der Waals surface area contributed by atoms with Crippen LogP contribution < -0.4 is 5.32 Å². The molecular weight excluding hydrogens is 250 g/mol. The van der Waals surface area contributed by atoms with Gasteiger partial charge in [-0.1, -0.05) is 20.8 Å². The van der Waals surface area contributed by atoms with Crippen molar-refractivity contribution in [3.8, 4) is 0 Å². The monoisotopic (exact) mass is 273 g/mol. The maximum atomic E-state index is 12.5. The van der Waals surface area contributed by atoms with Crippen LogP contribution in [0.2, 0.25) is 0 Å². The average molecular weight is 273 g/mol. The summed E-state index contributed by atoms with van der Waals surface area (Å²) in [5, 5.41) is 2.99. The highest BCUT2D eigenvalue weighted by atomic mass is 16.2. The second kappa shape index (κ2) is 4.47. The molecule has 2 amide bonds. The van der Waals surface area contributed by atoms with Crippen molar-refractivity contribution in [1.82, 2.24) is 9.88 Å². The van der Waals surface area contributed by atoms with Crippen molar-refractivity contribution in [2.75, 3.05) is 11.9 Å². The quantitative estimate of drug-likeness (QED) is 0.851. The number of carbonyl (C=O) groups excluding carboxylic acids is 1. The number of amides is 2. The van der Waals surface area contributed by atoms with E-state index in [1.807, 2.05) is 17.0 Å². The van der Waals surface area contributed by atoms with E-state index in [0.29, 0.717) is 11.5 Å². The molecule has 108 valence electrons. The van der Waals surface area contributed by atoms with Crippen molar-refractivity contribution in [1.29, 1.82) is 0 Å². The molecule has 20 heavy (non-hydrogen) atoms. The van der Waals surface area contributed by atoms with E-state index >= 15 is 0 Å². The molecule has 1 saturated carbocycles. The van der Waals surface area contributed by atoms with Gasteiger partial charge in [0.15, 0.2) is 0 Å². The standard InChI is InChI=1S/C16H23N3O/c1-15(2)8-13-9-16(3,10-15)11-19(13)14(20)18-12-4-6-17-7-5-12/h4-7,13H,8-11H2,1-3H3,(H,17,18,20). The Kier molecular flexibility index (Phi) is 3.00. The van der Waals surface area contributed by atoms with E-state index in [-0.39, 0.29) is 11.4 Å². The van der Waals surface area contributed by atoms with Gasteiger partial charge in [0.25, 0.3) is 0 Å². The van der Waals surface area contributed by atoms with Crippen LogP contribution >= 0.6 is 0 Å². The molecule has 3 rings (SSSR count). The van der Waals surface area contributed by atoms with Crippen LogP contribution in [0.3, 0.4) is 0 Å². The third kappa shape index (κ3) is 2.51. The van der Waals surface area contributed by atoms with Gasteiger partial charge in [0, 0.05) is 30.7 Å². The highest BCUT2D eigenvalue weighted by Crippen LogP contribution is 2.52. The number of carbonyl (C=O) groups is 1. The lowest BCUT2D eigenvalue weighted by molar-refractivity contribution is 0.130. The van der Waals surface area contributed by atoms with E-state index in [1.165, 1.54) is 6.42 Å². The van der Waals surface area contributed by atoms with Crippen molar-refractivity contribution in [3.05, 3.63) is 24.5 Å². The zero-order valence-corrected chi connectivity index (χ0v) is 12.5. The maximum absolute atomic E-state index is 12.5.